The number of carbonyl (C=O) groups excluding carboxylic acids is 3. The minimum atomic E-state index is -3.57. The average molecular weight is 758 g/mol. The molecule has 1 N–H and O–H groups in total. The zero-order valence-electron chi connectivity index (χ0n) is 31.4. The second-order valence-electron chi connectivity index (χ2n) is 15.3. The summed E-state index contributed by atoms with van der Waals surface area (Å²) in [5, 5.41) is 11.8. The highest BCUT2D eigenvalue weighted by atomic mass is 28.4. The third-order valence-corrected chi connectivity index (χ3v) is 14.0. The highest BCUT2D eigenvalue weighted by molar-refractivity contribution is 6.72. The average Bonchev–Trinajstić information content (AvgIpc) is 3.73. The van der Waals surface area contributed by atoms with Gasteiger partial charge in [0.1, 0.15) is 5.75 Å². The Hall–Kier alpha value is -5.36. The van der Waals surface area contributed by atoms with E-state index < -0.39 is 31.6 Å². The normalized spacial score (nSPS) is 21.5. The number of anilines is 3. The topological polar surface area (TPSA) is 99.6 Å². The summed E-state index contributed by atoms with van der Waals surface area (Å²) in [6.45, 7) is 5.40. The molecule has 282 valence electrons. The molecule has 5 aromatic carbocycles. The van der Waals surface area contributed by atoms with Gasteiger partial charge in [0.05, 0.1) is 49.7 Å². The third-order valence-electron chi connectivity index (χ3n) is 11.5. The van der Waals surface area contributed by atoms with Crippen LogP contribution in [-0.2, 0) is 33.0 Å². The minimum Gasteiger partial charge on any atom is -0.497 e. The lowest BCUT2D eigenvalue weighted by molar-refractivity contribution is -0.150. The molecule has 9 nitrogen and oxygen atoms in total. The summed E-state index contributed by atoms with van der Waals surface area (Å²) in [4.78, 5) is 47.8. The molecule has 4 atom stereocenters. The van der Waals surface area contributed by atoms with Gasteiger partial charge in [0.15, 0.2) is 5.60 Å². The molecule has 0 aromatic heterocycles. The smallest absolute Gasteiger partial charge is 0.264 e. The van der Waals surface area contributed by atoms with Gasteiger partial charge in [-0.2, -0.15) is 0 Å². The zero-order chi connectivity index (χ0) is 38.6. The van der Waals surface area contributed by atoms with Gasteiger partial charge in [0.25, 0.3) is 11.8 Å². The van der Waals surface area contributed by atoms with Crippen molar-refractivity contribution in [2.75, 3.05) is 30.1 Å². The predicted molar refractivity (Wildman–Crippen MR) is 213 cm³/mol. The van der Waals surface area contributed by atoms with Gasteiger partial charge in [0.2, 0.25) is 14.3 Å². The molecule has 0 bridgehead atoms. The van der Waals surface area contributed by atoms with Crippen LogP contribution in [0.5, 0.6) is 5.75 Å². The molecule has 5 aromatic rings. The molecule has 1 fully saturated rings. The number of aliphatic hydroxyl groups excluding tert-OH is 1. The molecular formula is C44H44FN3O6Si. The quantitative estimate of drug-likeness (QED) is 0.109. The van der Waals surface area contributed by atoms with E-state index in [4.69, 9.17) is 9.47 Å². The van der Waals surface area contributed by atoms with E-state index in [1.807, 2.05) is 104 Å². The Kier molecular flexibility index (Phi) is 9.35. The lowest BCUT2D eigenvalue weighted by Gasteiger charge is -2.31. The molecule has 1 saturated heterocycles. The summed E-state index contributed by atoms with van der Waals surface area (Å²) < 4.78 is 29.1. The number of nitrogens with zero attached hydrogens (tertiary/aromatic N) is 3. The Labute approximate surface area is 321 Å². The molecule has 3 heterocycles. The third kappa shape index (κ3) is 6.10. The lowest BCUT2D eigenvalue weighted by Crippen LogP contribution is -2.45. The van der Waals surface area contributed by atoms with Crippen molar-refractivity contribution in [3.8, 4) is 5.75 Å². The Morgan fingerprint density at radius 3 is 2.38 bits per heavy atom. The molecule has 0 radical (unpaired) electrons. The highest BCUT2D eigenvalue weighted by Gasteiger charge is 2.67. The van der Waals surface area contributed by atoms with Crippen molar-refractivity contribution in [1.29, 1.82) is 0 Å². The van der Waals surface area contributed by atoms with Gasteiger partial charge >= 0.3 is 0 Å². The van der Waals surface area contributed by atoms with Gasteiger partial charge in [-0.25, -0.2) is 0 Å². The van der Waals surface area contributed by atoms with Crippen LogP contribution < -0.4 is 14.5 Å². The molecule has 3 amide bonds. The first-order valence-electron chi connectivity index (χ1n) is 18.7. The molecular weight excluding hydrogens is 714 g/mol. The van der Waals surface area contributed by atoms with Crippen LogP contribution in [0.2, 0.25) is 18.6 Å². The number of ether oxygens (including phenoxy) is 2. The van der Waals surface area contributed by atoms with Crippen LogP contribution in [0, 0.1) is 5.92 Å². The van der Waals surface area contributed by atoms with Crippen molar-refractivity contribution < 1.29 is 33.1 Å². The lowest BCUT2D eigenvalue weighted by atomic mass is 9.82. The molecule has 3 aliphatic rings. The van der Waals surface area contributed by atoms with E-state index in [1.165, 1.54) is 0 Å². The number of carbonyl (C=O) groups is 3. The maximum atomic E-state index is 16.6. The maximum Gasteiger partial charge on any atom is 0.264 e. The van der Waals surface area contributed by atoms with E-state index in [1.54, 1.807) is 47.0 Å². The summed E-state index contributed by atoms with van der Waals surface area (Å²) in [6.07, 6.45) is -1.03. The predicted octanol–water partition coefficient (Wildman–Crippen LogP) is 7.87. The van der Waals surface area contributed by atoms with Crippen molar-refractivity contribution in [2.45, 2.75) is 56.8 Å². The minimum absolute atomic E-state index is 0.109. The number of halogens is 1. The number of hydrogen-bond acceptors (Lipinski definition) is 6. The second-order valence-corrected chi connectivity index (χ2v) is 19.1. The van der Waals surface area contributed by atoms with Crippen LogP contribution in [-0.4, -0.2) is 62.5 Å². The highest BCUT2D eigenvalue weighted by Crippen LogP contribution is 2.61. The molecule has 3 aliphatic heterocycles. The van der Waals surface area contributed by atoms with Crippen molar-refractivity contribution in [2.24, 2.45) is 5.92 Å². The number of amides is 3. The Morgan fingerprint density at radius 2 is 1.65 bits per heavy atom. The van der Waals surface area contributed by atoms with Gasteiger partial charge in [0, 0.05) is 41.2 Å². The molecule has 8 rings (SSSR count). The van der Waals surface area contributed by atoms with Gasteiger partial charge in [-0.15, -0.1) is 0 Å². The summed E-state index contributed by atoms with van der Waals surface area (Å²) in [5.74, 6) is -0.825. The second kappa shape index (κ2) is 14.0. The largest absolute Gasteiger partial charge is 0.497 e. The number of aliphatic hydroxyl groups is 1. The van der Waals surface area contributed by atoms with Crippen molar-refractivity contribution in [3.63, 3.8) is 0 Å². The molecule has 0 aliphatic carbocycles. The first-order valence-corrected chi connectivity index (χ1v) is 21.7. The Morgan fingerprint density at radius 1 is 0.927 bits per heavy atom. The summed E-state index contributed by atoms with van der Waals surface area (Å²) in [5.41, 5.74) is 2.75. The molecule has 0 unspecified atom stereocenters. The number of benzene rings is 5. The molecule has 11 heteroatoms. The zero-order valence-corrected chi connectivity index (χ0v) is 32.4. The maximum absolute atomic E-state index is 16.6. The van der Waals surface area contributed by atoms with Crippen molar-refractivity contribution >= 4 is 54.0 Å². The first-order chi connectivity index (χ1) is 26.5. The van der Waals surface area contributed by atoms with Crippen LogP contribution >= 0.6 is 0 Å². The van der Waals surface area contributed by atoms with Crippen LogP contribution in [0.4, 0.5) is 21.2 Å². The number of hydrogen-bond donors (Lipinski definition) is 1. The van der Waals surface area contributed by atoms with E-state index in [-0.39, 0.29) is 50.4 Å². The molecule has 1 spiro atoms. The SMILES string of the molecule is COc1ccc2c(c1)[C@@]1(O[C@H](CC(=O)N(CCO)Cc3ccccc3)[C@@H]([Si](C)(C)F)[C@@H]1C)C(=O)N2Cc1cccc(N2C(=O)c3cccc4cccc2c34)c1. The summed E-state index contributed by atoms with van der Waals surface area (Å²) in [7, 11) is -2.02. The van der Waals surface area contributed by atoms with Gasteiger partial charge in [-0.3, -0.25) is 19.3 Å². The van der Waals surface area contributed by atoms with E-state index in [0.717, 1.165) is 27.6 Å². The summed E-state index contributed by atoms with van der Waals surface area (Å²) in [6, 6.07) is 34.1. The number of rotatable bonds is 11. The van der Waals surface area contributed by atoms with Crippen LogP contribution in [0.3, 0.4) is 0 Å². The number of methoxy groups -OCH3 is 1. The standard InChI is InChI=1S/C44H44FN3O6Si/c1-28-41(55(3,4)45)38(25-39(50)46(21-22-49)26-29-11-6-5-7-12-29)54-44(28)35-24-33(53-2)19-20-36(35)47(43(44)52)27-30-13-8-16-32(23-30)48-37-18-10-15-31-14-9-17-34(40(31)37)42(48)51/h5-20,23-24,28,38,41,49H,21-22,25-27H2,1-4H3/t28-,38+,41-,44+/m0/s1. The van der Waals surface area contributed by atoms with Crippen LogP contribution in [0.1, 0.15) is 40.4 Å². The fourth-order valence-corrected chi connectivity index (χ4v) is 11.7. The van der Waals surface area contributed by atoms with Crippen molar-refractivity contribution in [3.05, 3.63) is 131 Å². The summed E-state index contributed by atoms with van der Waals surface area (Å²) >= 11 is 0. The van der Waals surface area contributed by atoms with Gasteiger partial charge in [-0.05, 0) is 72.1 Å². The number of fused-ring (bicyclic) bond motifs is 2. The molecule has 55 heavy (non-hydrogen) atoms. The van der Waals surface area contributed by atoms with E-state index in [2.05, 4.69) is 0 Å². The van der Waals surface area contributed by atoms with Crippen LogP contribution in [0.15, 0.2) is 109 Å². The monoisotopic (exact) mass is 757 g/mol. The molecule has 0 saturated carbocycles. The van der Waals surface area contributed by atoms with E-state index in [9.17, 15) is 14.7 Å². The van der Waals surface area contributed by atoms with Crippen molar-refractivity contribution in [1.82, 2.24) is 4.90 Å². The fourth-order valence-electron chi connectivity index (χ4n) is 9.18. The fraction of sp³-hybridized carbons (Fsp3) is 0.295. The Balaban J connectivity index is 1.13. The van der Waals surface area contributed by atoms with E-state index in [0.29, 0.717) is 28.3 Å². The first kappa shape index (κ1) is 36.6. The van der Waals surface area contributed by atoms with Gasteiger partial charge in [-0.1, -0.05) is 73.7 Å². The van der Waals surface area contributed by atoms with Crippen LogP contribution in [0.25, 0.3) is 10.8 Å². The Bertz CT molecular complexity index is 2310. The van der Waals surface area contributed by atoms with E-state index >= 15 is 8.90 Å². The van der Waals surface area contributed by atoms with Gasteiger partial charge < -0.3 is 28.5 Å².